The molecule has 3 heteroatoms. The van der Waals surface area contributed by atoms with E-state index in [2.05, 4.69) is 0 Å². The Labute approximate surface area is 85.4 Å². The molecule has 0 saturated heterocycles. The van der Waals surface area contributed by atoms with Crippen molar-refractivity contribution in [1.29, 1.82) is 0 Å². The summed E-state index contributed by atoms with van der Waals surface area (Å²) in [6, 6.07) is 9.43. The molecule has 2 nitrogen and oxygen atoms in total. The molecule has 2 aromatic rings. The highest BCUT2D eigenvalue weighted by atomic mass is 32.1. The maximum Gasteiger partial charge on any atom is 0.0729 e. The fourth-order valence-corrected chi connectivity index (χ4v) is 2.12. The minimum Gasteiger partial charge on any atom is -0.545 e. The molecule has 0 unspecified atom stereocenters. The summed E-state index contributed by atoms with van der Waals surface area (Å²) in [5.41, 5.74) is 1.91. The van der Waals surface area contributed by atoms with Gasteiger partial charge in [-0.25, -0.2) is 0 Å². The lowest BCUT2D eigenvalue weighted by Gasteiger charge is -2.04. The van der Waals surface area contributed by atoms with Gasteiger partial charge in [-0.15, -0.1) is 0 Å². The summed E-state index contributed by atoms with van der Waals surface area (Å²) in [4.78, 5) is 10.8. The van der Waals surface area contributed by atoms with Crippen molar-refractivity contribution in [2.24, 2.45) is 0 Å². The first-order valence-electron chi connectivity index (χ1n) is 4.12. The van der Waals surface area contributed by atoms with Gasteiger partial charge in [0, 0.05) is 16.5 Å². The number of rotatable bonds is 2. The maximum atomic E-state index is 10.8. The predicted molar refractivity (Wildman–Crippen MR) is 54.1 cm³/mol. The van der Waals surface area contributed by atoms with Crippen LogP contribution in [0.1, 0.15) is 10.4 Å². The summed E-state index contributed by atoms with van der Waals surface area (Å²) < 4.78 is 0. The van der Waals surface area contributed by atoms with E-state index in [1.54, 1.807) is 5.38 Å². The van der Waals surface area contributed by atoms with Crippen LogP contribution in [0.4, 0.5) is 0 Å². The summed E-state index contributed by atoms with van der Waals surface area (Å²) in [6.45, 7) is 0. The molecule has 0 spiro atoms. The second-order valence-electron chi connectivity index (χ2n) is 2.85. The van der Waals surface area contributed by atoms with Crippen molar-refractivity contribution < 1.29 is 9.90 Å². The molecule has 0 fully saturated rings. The lowest BCUT2D eigenvalue weighted by Crippen LogP contribution is -2.22. The lowest BCUT2D eigenvalue weighted by molar-refractivity contribution is -0.254. The van der Waals surface area contributed by atoms with Crippen LogP contribution in [0, 0.1) is 0 Å². The summed E-state index contributed by atoms with van der Waals surface area (Å²) >= 11 is 1.37. The molecule has 0 radical (unpaired) electrons. The van der Waals surface area contributed by atoms with Gasteiger partial charge in [-0.3, -0.25) is 0 Å². The number of thiophene rings is 1. The van der Waals surface area contributed by atoms with Gasteiger partial charge >= 0.3 is 0 Å². The van der Waals surface area contributed by atoms with Crippen LogP contribution < -0.4 is 5.11 Å². The Kier molecular flexibility index (Phi) is 2.33. The molecule has 2 rings (SSSR count). The molecule has 0 aliphatic heterocycles. The lowest BCUT2D eigenvalue weighted by atomic mass is 10.1. The number of aromatic carboxylic acids is 1. The van der Waals surface area contributed by atoms with Crippen molar-refractivity contribution in [1.82, 2.24) is 0 Å². The fraction of sp³-hybridized carbons (Fsp3) is 0. The van der Waals surface area contributed by atoms with Gasteiger partial charge in [0.25, 0.3) is 0 Å². The molecule has 0 atom stereocenters. The van der Waals surface area contributed by atoms with Crippen LogP contribution in [-0.4, -0.2) is 5.97 Å². The third-order valence-corrected chi connectivity index (χ3v) is 2.71. The van der Waals surface area contributed by atoms with E-state index in [0.717, 1.165) is 11.1 Å². The molecular weight excluding hydrogens is 196 g/mol. The highest BCUT2D eigenvalue weighted by Gasteiger charge is 2.05. The van der Waals surface area contributed by atoms with Crippen molar-refractivity contribution in [3.63, 3.8) is 0 Å². The highest BCUT2D eigenvalue weighted by Crippen LogP contribution is 2.26. The van der Waals surface area contributed by atoms with E-state index >= 15 is 0 Å². The van der Waals surface area contributed by atoms with Crippen LogP contribution in [0.3, 0.4) is 0 Å². The standard InChI is InChI=1S/C11H8O2S/c12-11(13)10-7-14-6-9(10)8-4-2-1-3-5-8/h1-7H,(H,12,13)/p-1. The molecule has 1 aromatic heterocycles. The molecule has 0 saturated carbocycles. The smallest absolute Gasteiger partial charge is 0.0729 e. The fourth-order valence-electron chi connectivity index (χ4n) is 1.30. The molecule has 1 aromatic carbocycles. The Morgan fingerprint density at radius 3 is 2.50 bits per heavy atom. The molecule has 70 valence electrons. The monoisotopic (exact) mass is 203 g/mol. The molecule has 0 aliphatic carbocycles. The molecular formula is C11H7O2S-. The van der Waals surface area contributed by atoms with Gasteiger partial charge in [0.15, 0.2) is 0 Å². The first kappa shape index (κ1) is 8.97. The van der Waals surface area contributed by atoms with E-state index in [1.165, 1.54) is 11.3 Å². The highest BCUT2D eigenvalue weighted by molar-refractivity contribution is 7.08. The van der Waals surface area contributed by atoms with E-state index in [9.17, 15) is 9.90 Å². The van der Waals surface area contributed by atoms with Crippen molar-refractivity contribution in [2.45, 2.75) is 0 Å². The van der Waals surface area contributed by atoms with Gasteiger partial charge in [-0.1, -0.05) is 30.3 Å². The summed E-state index contributed by atoms with van der Waals surface area (Å²) in [5.74, 6) is -1.12. The normalized spacial score (nSPS) is 10.0. The van der Waals surface area contributed by atoms with Gasteiger partial charge in [0.05, 0.1) is 5.97 Å². The average Bonchev–Trinajstić information content (AvgIpc) is 2.67. The summed E-state index contributed by atoms with van der Waals surface area (Å²) in [7, 11) is 0. The minimum atomic E-state index is -1.12. The first-order chi connectivity index (χ1) is 6.79. The zero-order valence-corrected chi connectivity index (χ0v) is 8.08. The molecule has 14 heavy (non-hydrogen) atoms. The first-order valence-corrected chi connectivity index (χ1v) is 5.06. The number of carboxylic acid groups (broad SMARTS) is 1. The largest absolute Gasteiger partial charge is 0.545 e. The number of carbonyl (C=O) groups is 1. The van der Waals surface area contributed by atoms with Crippen molar-refractivity contribution in [3.8, 4) is 11.1 Å². The van der Waals surface area contributed by atoms with Gasteiger partial charge in [-0.05, 0) is 10.9 Å². The van der Waals surface area contributed by atoms with Gasteiger partial charge in [-0.2, -0.15) is 11.3 Å². The number of hydrogen-bond donors (Lipinski definition) is 0. The van der Waals surface area contributed by atoms with Gasteiger partial charge in [0.2, 0.25) is 0 Å². The molecule has 1 heterocycles. The van der Waals surface area contributed by atoms with E-state index in [4.69, 9.17) is 0 Å². The van der Waals surface area contributed by atoms with Crippen LogP contribution in [0.5, 0.6) is 0 Å². The number of carbonyl (C=O) groups excluding carboxylic acids is 1. The van der Waals surface area contributed by atoms with E-state index in [-0.39, 0.29) is 5.56 Å². The van der Waals surface area contributed by atoms with Crippen molar-refractivity contribution >= 4 is 17.3 Å². The number of hydrogen-bond acceptors (Lipinski definition) is 3. The Morgan fingerprint density at radius 2 is 1.86 bits per heavy atom. The third kappa shape index (κ3) is 1.54. The molecule has 0 bridgehead atoms. The zero-order valence-electron chi connectivity index (χ0n) is 7.27. The molecule has 0 aliphatic rings. The summed E-state index contributed by atoms with van der Waals surface area (Å²) in [6.07, 6.45) is 0. The topological polar surface area (TPSA) is 40.1 Å². The van der Waals surface area contributed by atoms with Crippen LogP contribution in [0.2, 0.25) is 0 Å². The Hall–Kier alpha value is -1.61. The second-order valence-corrected chi connectivity index (χ2v) is 3.60. The zero-order chi connectivity index (χ0) is 9.97. The number of benzene rings is 1. The van der Waals surface area contributed by atoms with Gasteiger partial charge in [0.1, 0.15) is 0 Å². The molecule has 0 amide bonds. The Bertz CT molecular complexity index is 445. The Balaban J connectivity index is 2.52. The predicted octanol–water partition coefficient (Wildman–Crippen LogP) is 1.78. The number of carboxylic acids is 1. The van der Waals surface area contributed by atoms with Crippen LogP contribution >= 0.6 is 11.3 Å². The van der Waals surface area contributed by atoms with Crippen molar-refractivity contribution in [2.75, 3.05) is 0 Å². The van der Waals surface area contributed by atoms with Crippen molar-refractivity contribution in [3.05, 3.63) is 46.7 Å². The van der Waals surface area contributed by atoms with E-state index in [1.807, 2.05) is 35.7 Å². The minimum absolute atomic E-state index is 0.265. The van der Waals surface area contributed by atoms with E-state index in [0.29, 0.717) is 0 Å². The third-order valence-electron chi connectivity index (χ3n) is 1.97. The second kappa shape index (κ2) is 3.64. The van der Waals surface area contributed by atoms with E-state index < -0.39 is 5.97 Å². The SMILES string of the molecule is O=C([O-])c1cscc1-c1ccccc1. The molecule has 0 N–H and O–H groups in total. The van der Waals surface area contributed by atoms with Crippen LogP contribution in [-0.2, 0) is 0 Å². The summed E-state index contributed by atoms with van der Waals surface area (Å²) in [5, 5.41) is 14.2. The Morgan fingerprint density at radius 1 is 1.14 bits per heavy atom. The van der Waals surface area contributed by atoms with Crippen LogP contribution in [0.15, 0.2) is 41.1 Å². The van der Waals surface area contributed by atoms with Gasteiger partial charge < -0.3 is 9.90 Å². The van der Waals surface area contributed by atoms with Crippen LogP contribution in [0.25, 0.3) is 11.1 Å². The maximum absolute atomic E-state index is 10.8. The average molecular weight is 203 g/mol. The quantitative estimate of drug-likeness (QED) is 0.746.